The average molecular weight is 292 g/mol. The van der Waals surface area contributed by atoms with Crippen molar-refractivity contribution in [1.29, 1.82) is 0 Å². The van der Waals surface area contributed by atoms with Crippen molar-refractivity contribution in [2.75, 3.05) is 6.54 Å². The molecule has 0 aliphatic heterocycles. The number of likely N-dealkylation sites (N-methyl/N-ethyl adjacent to an activating group) is 1. The van der Waals surface area contributed by atoms with E-state index in [-0.39, 0.29) is 0 Å². The Morgan fingerprint density at radius 2 is 2.10 bits per heavy atom. The summed E-state index contributed by atoms with van der Waals surface area (Å²) in [6.07, 6.45) is 8.38. The largest absolute Gasteiger partial charge is 0.314 e. The van der Waals surface area contributed by atoms with Crippen molar-refractivity contribution in [1.82, 2.24) is 5.32 Å². The number of halogens is 1. The van der Waals surface area contributed by atoms with Crippen LogP contribution in [-0.4, -0.2) is 12.6 Å². The second-order valence-electron chi connectivity index (χ2n) is 6.72. The fourth-order valence-corrected chi connectivity index (χ4v) is 4.70. The highest BCUT2D eigenvalue weighted by atomic mass is 35.5. The van der Waals surface area contributed by atoms with Gasteiger partial charge in [0.05, 0.1) is 0 Å². The maximum Gasteiger partial charge on any atom is 0.0438 e. The van der Waals surface area contributed by atoms with Crippen LogP contribution in [0.25, 0.3) is 0 Å². The van der Waals surface area contributed by atoms with Crippen LogP contribution in [0.1, 0.15) is 44.6 Å². The van der Waals surface area contributed by atoms with Gasteiger partial charge in [0.15, 0.2) is 0 Å². The molecule has 1 aromatic rings. The van der Waals surface area contributed by atoms with E-state index < -0.39 is 0 Å². The Morgan fingerprint density at radius 1 is 1.25 bits per heavy atom. The number of hydrogen-bond donors (Lipinski definition) is 1. The first-order chi connectivity index (χ1) is 9.76. The summed E-state index contributed by atoms with van der Waals surface area (Å²) in [5.74, 6) is 3.03. The average Bonchev–Trinajstić information content (AvgIpc) is 3.04. The molecule has 2 fully saturated rings. The van der Waals surface area contributed by atoms with E-state index in [2.05, 4.69) is 24.4 Å². The maximum absolute atomic E-state index is 6.32. The van der Waals surface area contributed by atoms with E-state index in [1.807, 2.05) is 12.1 Å². The van der Waals surface area contributed by atoms with Gasteiger partial charge in [-0.2, -0.15) is 0 Å². The maximum atomic E-state index is 6.32. The molecule has 0 spiro atoms. The van der Waals surface area contributed by atoms with Crippen LogP contribution in [-0.2, 0) is 6.42 Å². The van der Waals surface area contributed by atoms with Crippen molar-refractivity contribution in [3.63, 3.8) is 0 Å². The van der Waals surface area contributed by atoms with Crippen LogP contribution in [0.5, 0.6) is 0 Å². The standard InChI is InChI=1S/C18H26ClN/c1-2-20-17(11-15-5-3-4-6-18(15)19)12-16-10-13-7-8-14(16)9-13/h3-6,13-14,16-17,20H,2,7-12H2,1H3. The Hall–Kier alpha value is -0.530. The van der Waals surface area contributed by atoms with E-state index in [1.165, 1.54) is 37.7 Å². The first-order valence-corrected chi connectivity index (χ1v) is 8.60. The molecule has 3 rings (SSSR count). The molecule has 1 N–H and O–H groups in total. The molecule has 2 saturated carbocycles. The summed E-state index contributed by atoms with van der Waals surface area (Å²) in [6.45, 7) is 3.26. The predicted molar refractivity (Wildman–Crippen MR) is 86.2 cm³/mol. The van der Waals surface area contributed by atoms with Crippen LogP contribution in [0.3, 0.4) is 0 Å². The Balaban J connectivity index is 1.62. The van der Waals surface area contributed by atoms with Gasteiger partial charge in [-0.15, -0.1) is 0 Å². The first kappa shape index (κ1) is 14.4. The van der Waals surface area contributed by atoms with Gasteiger partial charge in [0, 0.05) is 11.1 Å². The molecule has 2 aliphatic rings. The SMILES string of the molecule is CCNC(Cc1ccccc1Cl)CC1CC2CCC1C2. The fraction of sp³-hybridized carbons (Fsp3) is 0.667. The number of hydrogen-bond acceptors (Lipinski definition) is 1. The topological polar surface area (TPSA) is 12.0 Å². The highest BCUT2D eigenvalue weighted by Crippen LogP contribution is 2.50. The molecular formula is C18H26ClN. The molecular weight excluding hydrogens is 266 g/mol. The number of rotatable bonds is 6. The van der Waals surface area contributed by atoms with Gasteiger partial charge >= 0.3 is 0 Å². The number of fused-ring (bicyclic) bond motifs is 2. The van der Waals surface area contributed by atoms with Gasteiger partial charge in [0.25, 0.3) is 0 Å². The van der Waals surface area contributed by atoms with Crippen molar-refractivity contribution >= 4 is 11.6 Å². The summed E-state index contributed by atoms with van der Waals surface area (Å²) in [4.78, 5) is 0. The Morgan fingerprint density at radius 3 is 2.75 bits per heavy atom. The number of benzene rings is 1. The lowest BCUT2D eigenvalue weighted by molar-refractivity contribution is 0.278. The molecule has 0 saturated heterocycles. The zero-order valence-electron chi connectivity index (χ0n) is 12.4. The molecule has 110 valence electrons. The lowest BCUT2D eigenvalue weighted by atomic mass is 9.83. The predicted octanol–water partition coefficient (Wildman–Crippen LogP) is 4.69. The van der Waals surface area contributed by atoms with Crippen molar-refractivity contribution in [3.05, 3.63) is 34.9 Å². The molecule has 2 bridgehead atoms. The highest BCUT2D eigenvalue weighted by Gasteiger charge is 2.39. The summed E-state index contributed by atoms with van der Waals surface area (Å²) < 4.78 is 0. The summed E-state index contributed by atoms with van der Waals surface area (Å²) in [5.41, 5.74) is 1.29. The Bertz CT molecular complexity index is 445. The van der Waals surface area contributed by atoms with Crippen LogP contribution in [0.2, 0.25) is 5.02 Å². The van der Waals surface area contributed by atoms with Gasteiger partial charge < -0.3 is 5.32 Å². The second kappa shape index (κ2) is 6.49. The lowest BCUT2D eigenvalue weighted by Crippen LogP contribution is -2.34. The Labute approximate surface area is 128 Å². The van der Waals surface area contributed by atoms with Gasteiger partial charge in [0.2, 0.25) is 0 Å². The summed E-state index contributed by atoms with van der Waals surface area (Å²) >= 11 is 6.32. The first-order valence-electron chi connectivity index (χ1n) is 8.23. The van der Waals surface area contributed by atoms with Crippen LogP contribution < -0.4 is 5.32 Å². The Kier molecular flexibility index (Phi) is 4.68. The molecule has 1 aromatic carbocycles. The van der Waals surface area contributed by atoms with Crippen molar-refractivity contribution in [2.45, 2.75) is 51.5 Å². The fourth-order valence-electron chi connectivity index (χ4n) is 4.49. The van der Waals surface area contributed by atoms with E-state index >= 15 is 0 Å². The monoisotopic (exact) mass is 291 g/mol. The summed E-state index contributed by atoms with van der Waals surface area (Å²) in [6, 6.07) is 8.89. The molecule has 2 aliphatic carbocycles. The zero-order valence-corrected chi connectivity index (χ0v) is 13.2. The number of nitrogens with one attached hydrogen (secondary N) is 1. The highest BCUT2D eigenvalue weighted by molar-refractivity contribution is 6.31. The van der Waals surface area contributed by atoms with Gasteiger partial charge in [-0.05, 0) is 68.0 Å². The molecule has 2 heteroatoms. The van der Waals surface area contributed by atoms with E-state index in [4.69, 9.17) is 11.6 Å². The van der Waals surface area contributed by atoms with Gasteiger partial charge in [-0.3, -0.25) is 0 Å². The minimum absolute atomic E-state index is 0.587. The van der Waals surface area contributed by atoms with Gasteiger partial charge in [0.1, 0.15) is 0 Å². The summed E-state index contributed by atoms with van der Waals surface area (Å²) in [5, 5.41) is 4.61. The molecule has 0 aromatic heterocycles. The van der Waals surface area contributed by atoms with Crippen LogP contribution in [0.15, 0.2) is 24.3 Å². The quantitative estimate of drug-likeness (QED) is 0.802. The smallest absolute Gasteiger partial charge is 0.0438 e. The molecule has 0 radical (unpaired) electrons. The van der Waals surface area contributed by atoms with E-state index in [0.29, 0.717) is 6.04 Å². The third kappa shape index (κ3) is 3.20. The molecule has 4 unspecified atom stereocenters. The molecule has 0 heterocycles. The minimum atomic E-state index is 0.587. The minimum Gasteiger partial charge on any atom is -0.314 e. The van der Waals surface area contributed by atoms with Crippen molar-refractivity contribution in [2.24, 2.45) is 17.8 Å². The zero-order chi connectivity index (χ0) is 13.9. The molecule has 20 heavy (non-hydrogen) atoms. The van der Waals surface area contributed by atoms with E-state index in [1.54, 1.807) is 0 Å². The third-order valence-electron chi connectivity index (χ3n) is 5.39. The van der Waals surface area contributed by atoms with Gasteiger partial charge in [-0.25, -0.2) is 0 Å². The van der Waals surface area contributed by atoms with Crippen LogP contribution in [0, 0.1) is 17.8 Å². The van der Waals surface area contributed by atoms with Crippen LogP contribution in [0.4, 0.5) is 0 Å². The third-order valence-corrected chi connectivity index (χ3v) is 5.76. The van der Waals surface area contributed by atoms with Crippen LogP contribution >= 0.6 is 11.6 Å². The van der Waals surface area contributed by atoms with E-state index in [0.717, 1.165) is 35.7 Å². The van der Waals surface area contributed by atoms with E-state index in [9.17, 15) is 0 Å². The summed E-state index contributed by atoms with van der Waals surface area (Å²) in [7, 11) is 0. The second-order valence-corrected chi connectivity index (χ2v) is 7.13. The van der Waals surface area contributed by atoms with Crippen molar-refractivity contribution < 1.29 is 0 Å². The van der Waals surface area contributed by atoms with Gasteiger partial charge in [-0.1, -0.05) is 43.1 Å². The van der Waals surface area contributed by atoms with Crippen molar-refractivity contribution in [3.8, 4) is 0 Å². The molecule has 0 amide bonds. The lowest BCUT2D eigenvalue weighted by Gasteiger charge is -2.27. The molecule has 1 nitrogen and oxygen atoms in total. The molecule has 4 atom stereocenters. The normalized spacial score (nSPS) is 29.8.